The number of rotatable bonds is 4. The van der Waals surface area contributed by atoms with E-state index in [9.17, 15) is 0 Å². The van der Waals surface area contributed by atoms with Crippen molar-refractivity contribution in [1.29, 1.82) is 0 Å². The van der Waals surface area contributed by atoms with Gasteiger partial charge in [-0.3, -0.25) is 9.80 Å². The number of likely N-dealkylation sites (tertiary alicyclic amines) is 2. The van der Waals surface area contributed by atoms with Crippen LogP contribution in [-0.2, 0) is 13.1 Å². The number of piperidine rings is 2. The molecular weight excluding hydrogens is 400 g/mol. The van der Waals surface area contributed by atoms with Gasteiger partial charge in [-0.15, -0.1) is 0 Å². The van der Waals surface area contributed by atoms with E-state index in [1.165, 1.54) is 22.3 Å². The molecule has 0 unspecified atom stereocenters. The monoisotopic (exact) mass is 436 g/mol. The standard InChI is InChI=1S/2C13H18N2O/c2*1-11-2-4-12(5-3-11)10-15-8-6-13(14-16)7-9-15/h2*2-5,16H,6-10H2,1H3. The first-order valence-corrected chi connectivity index (χ1v) is 11.5. The number of aryl methyl sites for hydroxylation is 2. The minimum absolute atomic E-state index is 0.891. The molecule has 2 N–H and O–H groups in total. The van der Waals surface area contributed by atoms with Crippen LogP contribution < -0.4 is 0 Å². The molecule has 6 nitrogen and oxygen atoms in total. The van der Waals surface area contributed by atoms with E-state index in [4.69, 9.17) is 10.4 Å². The first-order valence-electron chi connectivity index (χ1n) is 11.5. The van der Waals surface area contributed by atoms with Crippen LogP contribution >= 0.6 is 0 Å². The molecule has 172 valence electrons. The Morgan fingerprint density at radius 2 is 0.906 bits per heavy atom. The quantitative estimate of drug-likeness (QED) is 0.531. The molecule has 0 spiro atoms. The zero-order valence-corrected chi connectivity index (χ0v) is 19.4. The summed E-state index contributed by atoms with van der Waals surface area (Å²) in [4.78, 5) is 4.80. The Hall–Kier alpha value is -2.70. The lowest BCUT2D eigenvalue weighted by Crippen LogP contribution is -2.33. The van der Waals surface area contributed by atoms with Crippen LogP contribution in [0.2, 0.25) is 0 Å². The molecule has 0 aliphatic carbocycles. The van der Waals surface area contributed by atoms with Gasteiger partial charge in [-0.25, -0.2) is 0 Å². The van der Waals surface area contributed by atoms with E-state index in [-0.39, 0.29) is 0 Å². The molecule has 0 amide bonds. The molecule has 2 heterocycles. The molecule has 32 heavy (non-hydrogen) atoms. The summed E-state index contributed by atoms with van der Waals surface area (Å²) in [7, 11) is 0. The zero-order chi connectivity index (χ0) is 22.8. The highest BCUT2D eigenvalue weighted by atomic mass is 16.4. The maximum Gasteiger partial charge on any atom is 0.0596 e. The van der Waals surface area contributed by atoms with Crippen molar-refractivity contribution in [3.8, 4) is 0 Å². The Morgan fingerprint density at radius 3 is 1.19 bits per heavy atom. The summed E-state index contributed by atoms with van der Waals surface area (Å²) in [5, 5.41) is 23.9. The topological polar surface area (TPSA) is 71.7 Å². The lowest BCUT2D eigenvalue weighted by atomic mass is 10.1. The highest BCUT2D eigenvalue weighted by molar-refractivity contribution is 5.85. The highest BCUT2D eigenvalue weighted by Crippen LogP contribution is 2.13. The van der Waals surface area contributed by atoms with Gasteiger partial charge in [0.25, 0.3) is 0 Å². The van der Waals surface area contributed by atoms with E-state index >= 15 is 0 Å². The van der Waals surface area contributed by atoms with E-state index in [0.717, 1.165) is 76.4 Å². The number of oxime groups is 2. The third-order valence-electron chi connectivity index (χ3n) is 6.20. The normalized spacial score (nSPS) is 17.4. The average molecular weight is 437 g/mol. The van der Waals surface area contributed by atoms with Crippen LogP contribution in [0.15, 0.2) is 58.8 Å². The van der Waals surface area contributed by atoms with Crippen LogP contribution in [0, 0.1) is 13.8 Å². The third-order valence-corrected chi connectivity index (χ3v) is 6.20. The molecule has 0 saturated carbocycles. The fourth-order valence-corrected chi connectivity index (χ4v) is 4.04. The van der Waals surface area contributed by atoms with Gasteiger partial charge in [-0.1, -0.05) is 70.0 Å². The van der Waals surface area contributed by atoms with Crippen molar-refractivity contribution in [2.75, 3.05) is 26.2 Å². The first kappa shape index (κ1) is 24.0. The molecule has 2 aliphatic rings. The summed E-state index contributed by atoms with van der Waals surface area (Å²) in [6.07, 6.45) is 3.56. The van der Waals surface area contributed by atoms with Gasteiger partial charge in [0.1, 0.15) is 0 Å². The summed E-state index contributed by atoms with van der Waals surface area (Å²) in [5.41, 5.74) is 7.18. The Bertz CT molecular complexity index is 796. The lowest BCUT2D eigenvalue weighted by Gasteiger charge is -2.26. The predicted octanol–water partition coefficient (Wildman–Crippen LogP) is 4.84. The number of hydrogen-bond donors (Lipinski definition) is 2. The fourth-order valence-electron chi connectivity index (χ4n) is 4.04. The summed E-state index contributed by atoms with van der Waals surface area (Å²) in [6.45, 7) is 10.2. The third kappa shape index (κ3) is 7.77. The Morgan fingerprint density at radius 1 is 0.594 bits per heavy atom. The van der Waals surface area contributed by atoms with Crippen molar-refractivity contribution < 1.29 is 10.4 Å². The van der Waals surface area contributed by atoms with E-state index in [1.54, 1.807) is 0 Å². The molecular formula is C26H36N4O2. The molecule has 2 aliphatic heterocycles. The second-order valence-corrected chi connectivity index (χ2v) is 8.86. The summed E-state index contributed by atoms with van der Waals surface area (Å²) < 4.78 is 0. The van der Waals surface area contributed by atoms with Crippen LogP contribution in [-0.4, -0.2) is 57.8 Å². The molecule has 2 saturated heterocycles. The molecule has 0 bridgehead atoms. The predicted molar refractivity (Wildman–Crippen MR) is 130 cm³/mol. The zero-order valence-electron chi connectivity index (χ0n) is 19.4. The summed E-state index contributed by atoms with van der Waals surface area (Å²) >= 11 is 0. The highest BCUT2D eigenvalue weighted by Gasteiger charge is 2.16. The van der Waals surface area contributed by atoms with Gasteiger partial charge >= 0.3 is 0 Å². The van der Waals surface area contributed by atoms with Gasteiger partial charge < -0.3 is 10.4 Å². The van der Waals surface area contributed by atoms with E-state index < -0.39 is 0 Å². The summed E-state index contributed by atoms with van der Waals surface area (Å²) in [5.74, 6) is 0. The number of benzene rings is 2. The van der Waals surface area contributed by atoms with Crippen molar-refractivity contribution in [1.82, 2.24) is 9.80 Å². The van der Waals surface area contributed by atoms with Crippen molar-refractivity contribution in [2.45, 2.75) is 52.6 Å². The minimum atomic E-state index is 0.891. The molecule has 0 atom stereocenters. The van der Waals surface area contributed by atoms with Gasteiger partial charge in [0.2, 0.25) is 0 Å². The molecule has 6 heteroatoms. The fraction of sp³-hybridized carbons (Fsp3) is 0.462. The second kappa shape index (κ2) is 12.4. The molecule has 0 aromatic heterocycles. The molecule has 0 radical (unpaired) electrons. The maximum absolute atomic E-state index is 8.67. The van der Waals surface area contributed by atoms with E-state index in [0.29, 0.717) is 0 Å². The van der Waals surface area contributed by atoms with Crippen molar-refractivity contribution in [3.63, 3.8) is 0 Å². The first-order chi connectivity index (χ1) is 15.6. The van der Waals surface area contributed by atoms with Crippen molar-refractivity contribution in [2.24, 2.45) is 10.3 Å². The van der Waals surface area contributed by atoms with Crippen LogP contribution in [0.4, 0.5) is 0 Å². The number of hydrogen-bond acceptors (Lipinski definition) is 6. The van der Waals surface area contributed by atoms with Crippen LogP contribution in [0.3, 0.4) is 0 Å². The molecule has 2 aromatic rings. The van der Waals surface area contributed by atoms with Gasteiger partial charge in [0, 0.05) is 65.0 Å². The minimum Gasteiger partial charge on any atom is -0.411 e. The van der Waals surface area contributed by atoms with Gasteiger partial charge in [0.05, 0.1) is 11.4 Å². The van der Waals surface area contributed by atoms with E-state index in [2.05, 4.69) is 82.5 Å². The Balaban J connectivity index is 0.000000181. The Labute approximate surface area is 191 Å². The maximum atomic E-state index is 8.67. The van der Waals surface area contributed by atoms with Gasteiger partial charge in [0.15, 0.2) is 0 Å². The van der Waals surface area contributed by atoms with Crippen LogP contribution in [0.25, 0.3) is 0 Å². The van der Waals surface area contributed by atoms with Gasteiger partial charge in [-0.05, 0) is 25.0 Å². The summed E-state index contributed by atoms with van der Waals surface area (Å²) in [6, 6.07) is 17.4. The average Bonchev–Trinajstić information content (AvgIpc) is 2.83. The second-order valence-electron chi connectivity index (χ2n) is 8.86. The Kier molecular flexibility index (Phi) is 9.26. The molecule has 2 fully saturated rings. The van der Waals surface area contributed by atoms with Crippen LogP contribution in [0.5, 0.6) is 0 Å². The smallest absolute Gasteiger partial charge is 0.0596 e. The lowest BCUT2D eigenvalue weighted by molar-refractivity contribution is 0.256. The van der Waals surface area contributed by atoms with Gasteiger partial charge in [-0.2, -0.15) is 0 Å². The van der Waals surface area contributed by atoms with E-state index in [1.807, 2.05) is 0 Å². The molecule has 4 rings (SSSR count). The van der Waals surface area contributed by atoms with Crippen molar-refractivity contribution in [3.05, 3.63) is 70.8 Å². The molecule has 2 aromatic carbocycles. The SMILES string of the molecule is Cc1ccc(CN2CCC(=NO)CC2)cc1.Cc1ccc(CN2CCC(=NO)CC2)cc1. The van der Waals surface area contributed by atoms with Crippen molar-refractivity contribution >= 4 is 11.4 Å². The largest absolute Gasteiger partial charge is 0.411 e. The van der Waals surface area contributed by atoms with Crippen LogP contribution in [0.1, 0.15) is 47.9 Å². The number of nitrogens with zero attached hydrogens (tertiary/aromatic N) is 4.